The standard InChI is InChI=1S/C32H27NS/c1-20-17-26-24-13-7-8-14-30(24)34-32(26)27(18-20)29-19-25(21-9-3-4-10-21)31-23-12-6-5-11-22(23)15-16-28(31)33(29)2/h5-8,11-19,21H,2-4,9-10H2,1H3. The molecule has 5 aromatic rings. The highest BCUT2D eigenvalue weighted by Crippen LogP contribution is 2.50. The van der Waals surface area contributed by atoms with Crippen LogP contribution in [0.5, 0.6) is 0 Å². The van der Waals surface area contributed by atoms with Crippen LogP contribution < -0.4 is 0 Å². The second kappa shape index (κ2) is 7.58. The Kier molecular flexibility index (Phi) is 4.47. The zero-order valence-corrected chi connectivity index (χ0v) is 20.3. The average molecular weight is 458 g/mol. The summed E-state index contributed by atoms with van der Waals surface area (Å²) in [6.45, 7) is 6.83. The van der Waals surface area contributed by atoms with Crippen molar-refractivity contribution in [2.75, 3.05) is 0 Å². The normalized spacial score (nSPS) is 16.6. The van der Waals surface area contributed by atoms with E-state index in [2.05, 4.69) is 97.1 Å². The number of benzene rings is 4. The monoisotopic (exact) mass is 457 g/mol. The van der Waals surface area contributed by atoms with E-state index in [1.54, 1.807) is 0 Å². The van der Waals surface area contributed by atoms with Crippen molar-refractivity contribution in [1.29, 1.82) is 0 Å². The van der Waals surface area contributed by atoms with Crippen molar-refractivity contribution in [3.8, 4) is 0 Å². The zero-order valence-electron chi connectivity index (χ0n) is 19.5. The molecule has 0 saturated heterocycles. The van der Waals surface area contributed by atoms with Crippen molar-refractivity contribution in [3.63, 3.8) is 0 Å². The summed E-state index contributed by atoms with van der Waals surface area (Å²) < 4.78 is 4.91. The van der Waals surface area contributed by atoms with Gasteiger partial charge in [0.1, 0.15) is 11.3 Å². The maximum Gasteiger partial charge on any atom is 0.160 e. The molecular weight excluding hydrogens is 430 g/mol. The molecule has 4 aromatic carbocycles. The summed E-state index contributed by atoms with van der Waals surface area (Å²) in [6.07, 6.45) is 7.71. The molecular formula is C32H27NS. The molecule has 0 atom stereocenters. The molecule has 2 heterocycles. The summed E-state index contributed by atoms with van der Waals surface area (Å²) in [5.41, 5.74) is 6.74. The maximum absolute atomic E-state index is 4.61. The summed E-state index contributed by atoms with van der Waals surface area (Å²) in [6, 6.07) is 28.1. The Morgan fingerprint density at radius 3 is 2.65 bits per heavy atom. The number of fused-ring (bicyclic) bond motifs is 6. The average Bonchev–Trinajstić information content (AvgIpc) is 3.52. The third kappa shape index (κ3) is 2.91. The van der Waals surface area contributed by atoms with E-state index >= 15 is 0 Å². The molecule has 1 aromatic heterocycles. The number of hydrogen-bond donors (Lipinski definition) is 0. The van der Waals surface area contributed by atoms with E-state index in [-0.39, 0.29) is 0 Å². The van der Waals surface area contributed by atoms with Gasteiger partial charge in [-0.05, 0) is 41.1 Å². The lowest BCUT2D eigenvalue weighted by Crippen LogP contribution is -2.20. The number of thiophene rings is 1. The summed E-state index contributed by atoms with van der Waals surface area (Å²) in [7, 11) is 0. The minimum absolute atomic E-state index is 0.621. The van der Waals surface area contributed by atoms with Crippen molar-refractivity contribution in [2.24, 2.45) is 5.92 Å². The Morgan fingerprint density at radius 2 is 1.76 bits per heavy atom. The van der Waals surface area contributed by atoms with Crippen LogP contribution in [0, 0.1) is 18.9 Å². The zero-order chi connectivity index (χ0) is 22.8. The van der Waals surface area contributed by atoms with Gasteiger partial charge in [0.25, 0.3) is 0 Å². The van der Waals surface area contributed by atoms with Gasteiger partial charge in [0, 0.05) is 11.1 Å². The highest BCUT2D eigenvalue weighted by Gasteiger charge is 2.33. The summed E-state index contributed by atoms with van der Waals surface area (Å²) in [4.78, 5) is 0. The fourth-order valence-electron chi connectivity index (χ4n) is 6.16. The molecule has 0 spiro atoms. The van der Waals surface area contributed by atoms with Gasteiger partial charge in [-0.2, -0.15) is 0 Å². The number of aryl methyl sites for hydroxylation is 1. The molecule has 0 N–H and O–H groups in total. The van der Waals surface area contributed by atoms with E-state index in [9.17, 15) is 0 Å². The lowest BCUT2D eigenvalue weighted by Gasteiger charge is -2.30. The highest BCUT2D eigenvalue weighted by atomic mass is 32.1. The summed E-state index contributed by atoms with van der Waals surface area (Å²) >= 11 is 1.91. The van der Waals surface area contributed by atoms with E-state index in [4.69, 9.17) is 0 Å². The first-order valence-corrected chi connectivity index (χ1v) is 13.1. The molecule has 0 bridgehead atoms. The highest BCUT2D eigenvalue weighted by molar-refractivity contribution is 7.26. The molecule has 1 aliphatic carbocycles. The lowest BCUT2D eigenvalue weighted by molar-refractivity contribution is -0.400. The van der Waals surface area contributed by atoms with Gasteiger partial charge in [-0.25, -0.2) is 4.58 Å². The van der Waals surface area contributed by atoms with E-state index in [0.717, 1.165) is 0 Å². The van der Waals surface area contributed by atoms with Crippen LogP contribution in [0.3, 0.4) is 0 Å². The quantitative estimate of drug-likeness (QED) is 0.141. The van der Waals surface area contributed by atoms with Gasteiger partial charge in [-0.15, -0.1) is 18.2 Å². The topological polar surface area (TPSA) is 3.01 Å². The van der Waals surface area contributed by atoms with Crippen molar-refractivity contribution < 1.29 is 4.58 Å². The molecule has 7 rings (SSSR count). The van der Waals surface area contributed by atoms with Gasteiger partial charge in [0.05, 0.1) is 6.72 Å². The number of nitrogens with zero attached hydrogens (tertiary/aromatic N) is 1. The van der Waals surface area contributed by atoms with Gasteiger partial charge < -0.3 is 0 Å². The Bertz CT molecular complexity index is 1640. The van der Waals surface area contributed by atoms with Crippen LogP contribution in [0.15, 0.2) is 78.9 Å². The van der Waals surface area contributed by atoms with Crippen molar-refractivity contribution in [2.45, 2.75) is 32.6 Å². The smallest absolute Gasteiger partial charge is 0.160 e. The van der Waals surface area contributed by atoms with Crippen molar-refractivity contribution in [1.82, 2.24) is 0 Å². The molecule has 0 unspecified atom stereocenters. The third-order valence-corrected chi connectivity index (χ3v) is 8.98. The third-order valence-electron chi connectivity index (χ3n) is 7.76. The van der Waals surface area contributed by atoms with Gasteiger partial charge in [0.15, 0.2) is 21.1 Å². The summed E-state index contributed by atoms with van der Waals surface area (Å²) in [5, 5.41) is 5.37. The summed E-state index contributed by atoms with van der Waals surface area (Å²) in [5.74, 6) is 0.621. The molecule has 1 fully saturated rings. The van der Waals surface area contributed by atoms with Gasteiger partial charge >= 0.3 is 0 Å². The molecule has 1 nitrogen and oxygen atoms in total. The minimum atomic E-state index is 0.621. The fourth-order valence-corrected chi connectivity index (χ4v) is 7.37. The van der Waals surface area contributed by atoms with Crippen LogP contribution in [-0.4, -0.2) is 11.3 Å². The Morgan fingerprint density at radius 1 is 0.941 bits per heavy atom. The Hall–Kier alpha value is -3.36. The van der Waals surface area contributed by atoms with E-state index in [1.807, 2.05) is 11.3 Å². The van der Waals surface area contributed by atoms with Gasteiger partial charge in [-0.3, -0.25) is 0 Å². The molecule has 1 saturated carbocycles. The van der Waals surface area contributed by atoms with Crippen LogP contribution in [0.4, 0.5) is 5.69 Å². The van der Waals surface area contributed by atoms with Crippen LogP contribution in [0.2, 0.25) is 0 Å². The first-order chi connectivity index (χ1) is 16.7. The van der Waals surface area contributed by atoms with Crippen LogP contribution in [0.25, 0.3) is 36.5 Å². The molecule has 166 valence electrons. The largest absolute Gasteiger partial charge is 0.248 e. The lowest BCUT2D eigenvalue weighted by atomic mass is 9.82. The van der Waals surface area contributed by atoms with Crippen LogP contribution in [-0.2, 0) is 0 Å². The van der Waals surface area contributed by atoms with E-state index < -0.39 is 0 Å². The SMILES string of the molecule is C=[N+]1c2ccc3ccccc3c2C(C2CCCC2)=C[C-]1c1cc(C)cc2c1[s+][c-]1ccccc21. The predicted octanol–water partition coefficient (Wildman–Crippen LogP) is 9.03. The van der Waals surface area contributed by atoms with E-state index in [0.29, 0.717) is 5.92 Å². The minimum Gasteiger partial charge on any atom is -0.248 e. The van der Waals surface area contributed by atoms with Crippen LogP contribution in [0.1, 0.15) is 42.4 Å². The second-order valence-electron chi connectivity index (χ2n) is 9.86. The van der Waals surface area contributed by atoms with Crippen molar-refractivity contribution in [3.05, 3.63) is 102 Å². The molecule has 2 heteroatoms. The Labute approximate surface area is 204 Å². The number of rotatable bonds is 2. The molecule has 34 heavy (non-hydrogen) atoms. The number of allylic oxidation sites excluding steroid dienone is 1. The first-order valence-electron chi connectivity index (χ1n) is 12.3. The van der Waals surface area contributed by atoms with Crippen LogP contribution >= 0.6 is 11.3 Å². The molecule has 0 amide bonds. The maximum atomic E-state index is 4.61. The molecule has 0 radical (unpaired) electrons. The van der Waals surface area contributed by atoms with Gasteiger partial charge in [0.2, 0.25) is 0 Å². The van der Waals surface area contributed by atoms with Gasteiger partial charge in [-0.1, -0.05) is 90.7 Å². The van der Waals surface area contributed by atoms with Crippen molar-refractivity contribution >= 4 is 60.3 Å². The predicted molar refractivity (Wildman–Crippen MR) is 147 cm³/mol. The number of hydrogen-bond acceptors (Lipinski definition) is 0. The first kappa shape index (κ1) is 20.1. The second-order valence-corrected chi connectivity index (χ2v) is 10.9. The molecule has 1 aliphatic heterocycles. The Balaban J connectivity index is 1.51. The van der Waals surface area contributed by atoms with E-state index in [1.165, 1.54) is 90.6 Å². The molecule has 2 aliphatic rings. The fraction of sp³-hybridized carbons (Fsp3) is 0.188.